The summed E-state index contributed by atoms with van der Waals surface area (Å²) in [6.07, 6.45) is 0. The Morgan fingerprint density at radius 3 is 2.48 bits per heavy atom. The van der Waals surface area contributed by atoms with E-state index in [2.05, 4.69) is 0 Å². The summed E-state index contributed by atoms with van der Waals surface area (Å²) in [5.74, 6) is 0.380. The summed E-state index contributed by atoms with van der Waals surface area (Å²) in [7, 11) is 1.47. The summed E-state index contributed by atoms with van der Waals surface area (Å²) in [5, 5.41) is 11.1. The molecule has 0 bridgehead atoms. The van der Waals surface area contributed by atoms with E-state index in [9.17, 15) is 10.1 Å². The Balaban J connectivity index is 2.23. The van der Waals surface area contributed by atoms with Gasteiger partial charge in [0.15, 0.2) is 12.5 Å². The first kappa shape index (κ1) is 14.8. The molecule has 0 heterocycles. The molecule has 6 heteroatoms. The SMILES string of the molecule is COCOc1cccc([N+](=O)[O-])c1OCc1ccccc1. The molecule has 0 saturated carbocycles. The van der Waals surface area contributed by atoms with Crippen LogP contribution in [0.15, 0.2) is 48.5 Å². The van der Waals surface area contributed by atoms with Gasteiger partial charge in [-0.25, -0.2) is 0 Å². The summed E-state index contributed by atoms with van der Waals surface area (Å²) >= 11 is 0. The van der Waals surface area contributed by atoms with E-state index in [1.54, 1.807) is 12.1 Å². The molecule has 2 aromatic carbocycles. The lowest BCUT2D eigenvalue weighted by Crippen LogP contribution is -2.04. The number of rotatable bonds is 7. The van der Waals surface area contributed by atoms with Gasteiger partial charge < -0.3 is 14.2 Å². The Labute approximate surface area is 122 Å². The van der Waals surface area contributed by atoms with Gasteiger partial charge in [0.1, 0.15) is 6.61 Å². The van der Waals surface area contributed by atoms with Crippen molar-refractivity contribution >= 4 is 5.69 Å². The molecule has 0 aromatic heterocycles. The fraction of sp³-hybridized carbons (Fsp3) is 0.200. The van der Waals surface area contributed by atoms with E-state index in [1.165, 1.54) is 13.2 Å². The average molecular weight is 289 g/mol. The fourth-order valence-corrected chi connectivity index (χ4v) is 1.76. The maximum absolute atomic E-state index is 11.1. The Morgan fingerprint density at radius 1 is 1.05 bits per heavy atom. The maximum atomic E-state index is 11.1. The third-order valence-corrected chi connectivity index (χ3v) is 2.71. The van der Waals surface area contributed by atoms with Gasteiger partial charge >= 0.3 is 5.69 Å². The van der Waals surface area contributed by atoms with Gasteiger partial charge in [0.2, 0.25) is 5.75 Å². The number of nitrogens with zero attached hydrogens (tertiary/aromatic N) is 1. The standard InChI is InChI=1S/C15H15NO5/c1-19-11-21-14-9-5-8-13(16(17)18)15(14)20-10-12-6-3-2-4-7-12/h2-9H,10-11H2,1H3. The number of hydrogen-bond donors (Lipinski definition) is 0. The van der Waals surface area contributed by atoms with Crippen molar-refractivity contribution < 1.29 is 19.1 Å². The van der Waals surface area contributed by atoms with Crippen LogP contribution < -0.4 is 9.47 Å². The highest BCUT2D eigenvalue weighted by Gasteiger charge is 2.20. The van der Waals surface area contributed by atoms with Gasteiger partial charge in [-0.3, -0.25) is 10.1 Å². The smallest absolute Gasteiger partial charge is 0.314 e. The topological polar surface area (TPSA) is 70.8 Å². The molecule has 0 aliphatic carbocycles. The zero-order chi connectivity index (χ0) is 15.1. The van der Waals surface area contributed by atoms with E-state index in [-0.39, 0.29) is 30.6 Å². The summed E-state index contributed by atoms with van der Waals surface area (Å²) in [6.45, 7) is 0.206. The van der Waals surface area contributed by atoms with E-state index < -0.39 is 4.92 Å². The minimum atomic E-state index is -0.500. The van der Waals surface area contributed by atoms with Crippen molar-refractivity contribution in [2.24, 2.45) is 0 Å². The second-order valence-electron chi connectivity index (χ2n) is 4.19. The molecular formula is C15H15NO5. The number of methoxy groups -OCH3 is 1. The number of nitro benzene ring substituents is 1. The largest absolute Gasteiger partial charge is 0.479 e. The van der Waals surface area contributed by atoms with Crippen LogP contribution in [0.3, 0.4) is 0 Å². The van der Waals surface area contributed by atoms with E-state index in [4.69, 9.17) is 14.2 Å². The van der Waals surface area contributed by atoms with Crippen molar-refractivity contribution in [2.75, 3.05) is 13.9 Å². The molecule has 0 fully saturated rings. The molecule has 2 rings (SSSR count). The number of para-hydroxylation sites is 1. The summed E-state index contributed by atoms with van der Waals surface area (Å²) < 4.78 is 15.7. The molecule has 0 atom stereocenters. The Bertz CT molecular complexity index is 600. The minimum absolute atomic E-state index is 0.0110. The van der Waals surface area contributed by atoms with Crippen molar-refractivity contribution in [3.8, 4) is 11.5 Å². The molecule has 0 spiro atoms. The van der Waals surface area contributed by atoms with Crippen LogP contribution >= 0.6 is 0 Å². The molecule has 2 aromatic rings. The quantitative estimate of drug-likeness (QED) is 0.445. The zero-order valence-electron chi connectivity index (χ0n) is 11.5. The average Bonchev–Trinajstić information content (AvgIpc) is 2.52. The molecular weight excluding hydrogens is 274 g/mol. The van der Waals surface area contributed by atoms with Crippen LogP contribution in [0, 0.1) is 10.1 Å². The van der Waals surface area contributed by atoms with Crippen molar-refractivity contribution in [1.29, 1.82) is 0 Å². The molecule has 0 saturated heterocycles. The molecule has 0 unspecified atom stereocenters. The molecule has 6 nitrogen and oxygen atoms in total. The van der Waals surface area contributed by atoms with Gasteiger partial charge in [0, 0.05) is 13.2 Å². The second-order valence-corrected chi connectivity index (χ2v) is 4.19. The van der Waals surface area contributed by atoms with Gasteiger partial charge in [-0.05, 0) is 11.6 Å². The highest BCUT2D eigenvalue weighted by molar-refractivity contribution is 5.55. The first-order valence-electron chi connectivity index (χ1n) is 6.28. The molecule has 0 aliphatic heterocycles. The summed E-state index contributed by atoms with van der Waals surface area (Å²) in [6, 6.07) is 13.9. The summed E-state index contributed by atoms with van der Waals surface area (Å²) in [4.78, 5) is 10.6. The number of nitro groups is 1. The third kappa shape index (κ3) is 3.93. The van der Waals surface area contributed by atoms with Gasteiger partial charge in [-0.2, -0.15) is 0 Å². The van der Waals surface area contributed by atoms with E-state index in [0.717, 1.165) is 5.56 Å². The van der Waals surface area contributed by atoms with Gasteiger partial charge in [-0.1, -0.05) is 36.4 Å². The maximum Gasteiger partial charge on any atom is 0.314 e. The molecule has 0 aliphatic rings. The number of ether oxygens (including phenoxy) is 3. The molecule has 110 valence electrons. The van der Waals surface area contributed by atoms with E-state index >= 15 is 0 Å². The lowest BCUT2D eigenvalue weighted by Gasteiger charge is -2.12. The monoisotopic (exact) mass is 289 g/mol. The molecule has 0 radical (unpaired) electrons. The summed E-state index contributed by atoms with van der Waals surface area (Å²) in [5.41, 5.74) is 0.771. The Hall–Kier alpha value is -2.60. The Morgan fingerprint density at radius 2 is 1.81 bits per heavy atom. The highest BCUT2D eigenvalue weighted by atomic mass is 16.7. The highest BCUT2D eigenvalue weighted by Crippen LogP contribution is 2.37. The predicted octanol–water partition coefficient (Wildman–Crippen LogP) is 3.16. The molecule has 0 N–H and O–H groups in total. The van der Waals surface area contributed by atoms with E-state index in [1.807, 2.05) is 30.3 Å². The van der Waals surface area contributed by atoms with Crippen LogP contribution in [0.2, 0.25) is 0 Å². The van der Waals surface area contributed by atoms with Crippen molar-refractivity contribution in [2.45, 2.75) is 6.61 Å². The normalized spacial score (nSPS) is 10.1. The van der Waals surface area contributed by atoms with Crippen LogP contribution in [0.4, 0.5) is 5.69 Å². The lowest BCUT2D eigenvalue weighted by molar-refractivity contribution is -0.386. The van der Waals surface area contributed by atoms with Crippen LogP contribution in [0.25, 0.3) is 0 Å². The van der Waals surface area contributed by atoms with Crippen molar-refractivity contribution in [3.63, 3.8) is 0 Å². The number of hydrogen-bond acceptors (Lipinski definition) is 5. The zero-order valence-corrected chi connectivity index (χ0v) is 11.5. The molecule has 21 heavy (non-hydrogen) atoms. The van der Waals surface area contributed by atoms with Crippen LogP contribution in [0.5, 0.6) is 11.5 Å². The van der Waals surface area contributed by atoms with Crippen LogP contribution in [-0.2, 0) is 11.3 Å². The first-order valence-corrected chi connectivity index (χ1v) is 6.28. The van der Waals surface area contributed by atoms with Crippen LogP contribution in [0.1, 0.15) is 5.56 Å². The number of benzene rings is 2. The minimum Gasteiger partial charge on any atom is -0.479 e. The van der Waals surface area contributed by atoms with Gasteiger partial charge in [0.25, 0.3) is 0 Å². The molecule has 0 amide bonds. The first-order chi connectivity index (χ1) is 10.2. The van der Waals surface area contributed by atoms with Crippen molar-refractivity contribution in [1.82, 2.24) is 0 Å². The van der Waals surface area contributed by atoms with Gasteiger partial charge in [-0.15, -0.1) is 0 Å². The van der Waals surface area contributed by atoms with Crippen molar-refractivity contribution in [3.05, 3.63) is 64.2 Å². The second kappa shape index (κ2) is 7.25. The van der Waals surface area contributed by atoms with Crippen LogP contribution in [-0.4, -0.2) is 18.8 Å². The lowest BCUT2D eigenvalue weighted by atomic mass is 10.2. The van der Waals surface area contributed by atoms with E-state index in [0.29, 0.717) is 0 Å². The van der Waals surface area contributed by atoms with Gasteiger partial charge in [0.05, 0.1) is 4.92 Å². The Kier molecular flexibility index (Phi) is 5.11. The predicted molar refractivity (Wildman–Crippen MR) is 76.4 cm³/mol. The fourth-order valence-electron chi connectivity index (χ4n) is 1.76. The third-order valence-electron chi connectivity index (χ3n) is 2.71.